The van der Waals surface area contributed by atoms with Gasteiger partial charge in [-0.15, -0.1) is 0 Å². The number of hydrogen-bond acceptors (Lipinski definition) is 4. The Morgan fingerprint density at radius 1 is 1.56 bits per heavy atom. The minimum absolute atomic E-state index is 0.259. The number of nitrogens with two attached hydrogens (primary N) is 1. The summed E-state index contributed by atoms with van der Waals surface area (Å²) in [5, 5.41) is 0. The lowest BCUT2D eigenvalue weighted by atomic mass is 10.5. The molecule has 0 saturated heterocycles. The van der Waals surface area contributed by atoms with Crippen molar-refractivity contribution in [3.8, 4) is 5.95 Å². The second-order valence-corrected chi connectivity index (χ2v) is 1.54. The molecule has 1 aromatic heterocycles. The van der Waals surface area contributed by atoms with Gasteiger partial charge in [0.2, 0.25) is 0 Å². The van der Waals surface area contributed by atoms with E-state index in [0.29, 0.717) is 0 Å². The zero-order valence-corrected chi connectivity index (χ0v) is 4.96. The van der Waals surface area contributed by atoms with E-state index in [1.165, 1.54) is 0 Å². The third-order valence-electron chi connectivity index (χ3n) is 0.846. The van der Waals surface area contributed by atoms with Crippen molar-refractivity contribution in [3.63, 3.8) is 0 Å². The van der Waals surface area contributed by atoms with Crippen LogP contribution >= 0.6 is 0 Å². The van der Waals surface area contributed by atoms with Gasteiger partial charge in [0.15, 0.2) is 0 Å². The molecule has 1 aromatic rings. The van der Waals surface area contributed by atoms with Crippen molar-refractivity contribution < 1.29 is 14.3 Å². The molecule has 0 saturated carbocycles. The highest BCUT2D eigenvalue weighted by atomic mass is 17.3. The predicted molar refractivity (Wildman–Crippen MR) is 29.3 cm³/mol. The summed E-state index contributed by atoms with van der Waals surface area (Å²) in [4.78, 5) is 8.19. The smallest absolute Gasteiger partial charge is 0.324 e. The predicted octanol–water partition coefficient (Wildman–Crippen LogP) is 0.772. The molecule has 0 aromatic carbocycles. The van der Waals surface area contributed by atoms with E-state index in [1.807, 2.05) is 0 Å². The zero-order valence-electron chi connectivity index (χ0n) is 4.96. The molecule has 0 spiro atoms. The van der Waals surface area contributed by atoms with Gasteiger partial charge in [-0.3, -0.25) is 4.89 Å². The number of aryl methyl sites for hydroxylation is 1. The maximum atomic E-state index is 4.90. The van der Waals surface area contributed by atoms with E-state index in [2.05, 4.69) is 15.8 Å². The van der Waals surface area contributed by atoms with Crippen LogP contribution in [0.5, 0.6) is 5.95 Å². The van der Waals surface area contributed by atoms with E-state index in [0.717, 1.165) is 5.76 Å². The fourth-order valence-corrected chi connectivity index (χ4v) is 0.504. The van der Waals surface area contributed by atoms with Crippen LogP contribution in [0.15, 0.2) is 16.5 Å². The highest BCUT2D eigenvalue weighted by molar-refractivity contribution is 5.09. The fourth-order valence-electron chi connectivity index (χ4n) is 0.504. The molecule has 4 nitrogen and oxygen atoms in total. The molecule has 9 heavy (non-hydrogen) atoms. The van der Waals surface area contributed by atoms with Gasteiger partial charge in [-0.1, -0.05) is 4.99 Å². The van der Waals surface area contributed by atoms with Crippen LogP contribution in [0.25, 0.3) is 0 Å². The maximum Gasteiger partial charge on any atom is 0.324 e. The molecular formula is C5H7NO3. The molecule has 0 atom stereocenters. The Bertz CT molecular complexity index is 184. The molecule has 50 valence electrons. The Hall–Kier alpha value is -1.00. The van der Waals surface area contributed by atoms with Gasteiger partial charge in [0, 0.05) is 6.07 Å². The summed E-state index contributed by atoms with van der Waals surface area (Å²) >= 11 is 0. The third-order valence-corrected chi connectivity index (χ3v) is 0.846. The maximum absolute atomic E-state index is 4.90. The van der Waals surface area contributed by atoms with Gasteiger partial charge in [-0.05, 0) is 13.0 Å². The van der Waals surface area contributed by atoms with E-state index in [9.17, 15) is 0 Å². The normalized spacial score (nSPS) is 9.56. The van der Waals surface area contributed by atoms with E-state index >= 15 is 0 Å². The first-order chi connectivity index (χ1) is 4.33. The summed E-state index contributed by atoms with van der Waals surface area (Å²) in [7, 11) is 0. The Balaban J connectivity index is 2.61. The molecule has 0 aliphatic carbocycles. The zero-order chi connectivity index (χ0) is 6.69. The summed E-state index contributed by atoms with van der Waals surface area (Å²) in [5.74, 6) is 5.60. The molecule has 0 fully saturated rings. The lowest BCUT2D eigenvalue weighted by Gasteiger charge is -1.90. The van der Waals surface area contributed by atoms with Gasteiger partial charge in [0.1, 0.15) is 5.76 Å². The summed E-state index contributed by atoms with van der Waals surface area (Å²) in [6.45, 7) is 1.80. The van der Waals surface area contributed by atoms with Crippen LogP contribution in [0.4, 0.5) is 0 Å². The van der Waals surface area contributed by atoms with Crippen molar-refractivity contribution in [2.45, 2.75) is 6.92 Å². The Morgan fingerprint density at radius 2 is 2.33 bits per heavy atom. The topological polar surface area (TPSA) is 57.6 Å². The van der Waals surface area contributed by atoms with Crippen LogP contribution in [0.3, 0.4) is 0 Å². The monoisotopic (exact) mass is 129 g/mol. The van der Waals surface area contributed by atoms with E-state index in [1.54, 1.807) is 19.1 Å². The van der Waals surface area contributed by atoms with E-state index < -0.39 is 0 Å². The Morgan fingerprint density at radius 3 is 2.78 bits per heavy atom. The lowest BCUT2D eigenvalue weighted by molar-refractivity contribution is -0.224. The molecule has 1 heterocycles. The van der Waals surface area contributed by atoms with Gasteiger partial charge in [-0.2, -0.15) is 5.90 Å². The standard InChI is InChI=1S/C5H7NO3/c1-4-2-3-5(7-4)8-9-6/h2-3H,6H2,1H3. The molecule has 0 radical (unpaired) electrons. The average Bonchev–Trinajstić information content (AvgIpc) is 2.17. The Kier molecular flexibility index (Phi) is 1.72. The van der Waals surface area contributed by atoms with Crippen molar-refractivity contribution in [1.29, 1.82) is 0 Å². The van der Waals surface area contributed by atoms with Gasteiger partial charge >= 0.3 is 5.95 Å². The lowest BCUT2D eigenvalue weighted by Crippen LogP contribution is -2.01. The highest BCUT2D eigenvalue weighted by Crippen LogP contribution is 2.13. The van der Waals surface area contributed by atoms with Gasteiger partial charge in [-0.25, -0.2) is 0 Å². The second kappa shape index (κ2) is 2.52. The molecule has 0 amide bonds. The van der Waals surface area contributed by atoms with Gasteiger partial charge < -0.3 is 4.42 Å². The first-order valence-electron chi connectivity index (χ1n) is 2.43. The van der Waals surface area contributed by atoms with Crippen molar-refractivity contribution >= 4 is 0 Å². The largest absolute Gasteiger partial charge is 0.429 e. The quantitative estimate of drug-likeness (QED) is 0.473. The van der Waals surface area contributed by atoms with Gasteiger partial charge in [0.05, 0.1) is 0 Å². The second-order valence-electron chi connectivity index (χ2n) is 1.54. The minimum Gasteiger partial charge on any atom is -0.429 e. The van der Waals surface area contributed by atoms with Crippen molar-refractivity contribution in [2.75, 3.05) is 0 Å². The highest BCUT2D eigenvalue weighted by Gasteiger charge is 1.96. The molecule has 2 N–H and O–H groups in total. The summed E-state index contributed by atoms with van der Waals surface area (Å²) < 4.78 is 4.90. The minimum atomic E-state index is 0.259. The molecule has 0 aliphatic rings. The third kappa shape index (κ3) is 1.45. The summed E-state index contributed by atoms with van der Waals surface area (Å²) in [5.41, 5.74) is 0. The number of furan rings is 1. The molecule has 0 aliphatic heterocycles. The van der Waals surface area contributed by atoms with Crippen LogP contribution in [0, 0.1) is 6.92 Å². The first kappa shape index (κ1) is 6.12. The fraction of sp³-hybridized carbons (Fsp3) is 0.200. The summed E-state index contributed by atoms with van der Waals surface area (Å²) in [6.07, 6.45) is 0. The van der Waals surface area contributed by atoms with Crippen LogP contribution in [0.2, 0.25) is 0 Å². The summed E-state index contributed by atoms with van der Waals surface area (Å²) in [6, 6.07) is 3.36. The van der Waals surface area contributed by atoms with Crippen molar-refractivity contribution in [1.82, 2.24) is 0 Å². The Labute approximate surface area is 52.0 Å². The molecular weight excluding hydrogens is 122 g/mol. The molecule has 0 unspecified atom stereocenters. The average molecular weight is 129 g/mol. The molecule has 1 rings (SSSR count). The van der Waals surface area contributed by atoms with Gasteiger partial charge in [0.25, 0.3) is 0 Å². The van der Waals surface area contributed by atoms with E-state index in [-0.39, 0.29) is 5.95 Å². The number of hydrogen-bond donors (Lipinski definition) is 1. The van der Waals surface area contributed by atoms with Crippen LogP contribution in [-0.2, 0) is 4.99 Å². The first-order valence-corrected chi connectivity index (χ1v) is 2.43. The number of rotatable bonds is 2. The van der Waals surface area contributed by atoms with Crippen LogP contribution < -0.4 is 10.8 Å². The van der Waals surface area contributed by atoms with Crippen molar-refractivity contribution in [3.05, 3.63) is 17.9 Å². The van der Waals surface area contributed by atoms with E-state index in [4.69, 9.17) is 4.42 Å². The SMILES string of the molecule is Cc1ccc(OON)o1. The van der Waals surface area contributed by atoms with Crippen LogP contribution in [0.1, 0.15) is 5.76 Å². The van der Waals surface area contributed by atoms with Crippen LogP contribution in [-0.4, -0.2) is 0 Å². The molecule has 4 heteroatoms. The molecule has 0 bridgehead atoms. The van der Waals surface area contributed by atoms with Crippen molar-refractivity contribution in [2.24, 2.45) is 5.90 Å².